The van der Waals surface area contributed by atoms with Crippen molar-refractivity contribution in [3.8, 4) is 0 Å². The molecule has 0 aliphatic carbocycles. The van der Waals surface area contributed by atoms with Gasteiger partial charge in [-0.1, -0.05) is 17.7 Å². The number of halogens is 3. The van der Waals surface area contributed by atoms with Gasteiger partial charge in [0.15, 0.2) is 0 Å². The molecule has 2 rings (SSSR count). The van der Waals surface area contributed by atoms with E-state index in [9.17, 15) is 9.18 Å². The van der Waals surface area contributed by atoms with E-state index in [1.54, 1.807) is 11.0 Å². The van der Waals surface area contributed by atoms with Crippen LogP contribution in [-0.4, -0.2) is 29.3 Å². The highest BCUT2D eigenvalue weighted by atomic mass is 35.5. The molecular weight excluding hydrogens is 276 g/mol. The smallest absolute Gasteiger partial charge is 0.227 e. The molecule has 1 heterocycles. The van der Waals surface area contributed by atoms with Crippen LogP contribution in [0.5, 0.6) is 0 Å². The van der Waals surface area contributed by atoms with Gasteiger partial charge in [-0.05, 0) is 25.0 Å². The second kappa shape index (κ2) is 5.89. The first-order valence-electron chi connectivity index (χ1n) is 5.92. The van der Waals surface area contributed by atoms with Gasteiger partial charge in [0, 0.05) is 29.1 Å². The van der Waals surface area contributed by atoms with Gasteiger partial charge in [-0.2, -0.15) is 0 Å². The standard InChI is InChI=1S/C13H14Cl2FNO/c14-8-9-3-2-6-17(9)13(18)7-10-11(15)4-1-5-12(10)16/h1,4-5,9H,2-3,6-8H2. The second-order valence-corrected chi connectivity index (χ2v) is 5.13. The summed E-state index contributed by atoms with van der Waals surface area (Å²) in [5.41, 5.74) is 0.268. The lowest BCUT2D eigenvalue weighted by atomic mass is 10.1. The minimum Gasteiger partial charge on any atom is -0.338 e. The Kier molecular flexibility index (Phi) is 4.46. The number of hydrogen-bond acceptors (Lipinski definition) is 1. The number of likely N-dealkylation sites (tertiary alicyclic amines) is 1. The van der Waals surface area contributed by atoms with Gasteiger partial charge in [0.1, 0.15) is 5.82 Å². The Labute approximate surface area is 116 Å². The normalized spacial score (nSPS) is 19.3. The summed E-state index contributed by atoms with van der Waals surface area (Å²) < 4.78 is 13.6. The summed E-state index contributed by atoms with van der Waals surface area (Å²) in [6, 6.07) is 4.52. The fraction of sp³-hybridized carbons (Fsp3) is 0.462. The molecule has 1 atom stereocenters. The molecule has 1 aliphatic heterocycles. The maximum absolute atomic E-state index is 13.6. The van der Waals surface area contributed by atoms with E-state index in [1.807, 2.05) is 0 Å². The van der Waals surface area contributed by atoms with Crippen LogP contribution in [-0.2, 0) is 11.2 Å². The first-order chi connectivity index (χ1) is 8.63. The largest absolute Gasteiger partial charge is 0.338 e. The lowest BCUT2D eigenvalue weighted by Gasteiger charge is -2.23. The number of hydrogen-bond donors (Lipinski definition) is 0. The van der Waals surface area contributed by atoms with E-state index in [2.05, 4.69) is 0 Å². The van der Waals surface area contributed by atoms with Crippen LogP contribution in [0, 0.1) is 5.82 Å². The molecular formula is C13H14Cl2FNO. The van der Waals surface area contributed by atoms with Crippen LogP contribution in [0.2, 0.25) is 5.02 Å². The molecule has 2 nitrogen and oxygen atoms in total. The Morgan fingerprint density at radius 3 is 2.94 bits per heavy atom. The molecule has 1 saturated heterocycles. The van der Waals surface area contributed by atoms with E-state index in [0.29, 0.717) is 17.4 Å². The topological polar surface area (TPSA) is 20.3 Å². The maximum atomic E-state index is 13.6. The van der Waals surface area contributed by atoms with Crippen molar-refractivity contribution in [3.05, 3.63) is 34.6 Å². The molecule has 18 heavy (non-hydrogen) atoms. The minimum absolute atomic E-state index is 0.00110. The van der Waals surface area contributed by atoms with E-state index >= 15 is 0 Å². The van der Waals surface area contributed by atoms with Crippen molar-refractivity contribution < 1.29 is 9.18 Å². The summed E-state index contributed by atoms with van der Waals surface area (Å²) in [4.78, 5) is 13.9. The van der Waals surface area contributed by atoms with Gasteiger partial charge >= 0.3 is 0 Å². The van der Waals surface area contributed by atoms with Crippen LogP contribution >= 0.6 is 23.2 Å². The third-order valence-corrected chi connectivity index (χ3v) is 3.98. The van der Waals surface area contributed by atoms with E-state index in [0.717, 1.165) is 12.8 Å². The van der Waals surface area contributed by atoms with Crippen molar-refractivity contribution >= 4 is 29.1 Å². The van der Waals surface area contributed by atoms with Gasteiger partial charge in [0.05, 0.1) is 6.42 Å². The van der Waals surface area contributed by atoms with E-state index in [-0.39, 0.29) is 23.9 Å². The zero-order chi connectivity index (χ0) is 13.1. The van der Waals surface area contributed by atoms with Crippen molar-refractivity contribution in [1.82, 2.24) is 4.90 Å². The molecule has 1 aliphatic rings. The SMILES string of the molecule is O=C(Cc1c(F)cccc1Cl)N1CCCC1CCl. The van der Waals surface area contributed by atoms with Gasteiger partial charge in [-0.15, -0.1) is 11.6 Å². The molecule has 1 aromatic rings. The highest BCUT2D eigenvalue weighted by molar-refractivity contribution is 6.31. The van der Waals surface area contributed by atoms with Crippen molar-refractivity contribution in [3.63, 3.8) is 0 Å². The summed E-state index contributed by atoms with van der Waals surface area (Å²) in [6.07, 6.45) is 1.87. The van der Waals surface area contributed by atoms with Crippen LogP contribution in [0.15, 0.2) is 18.2 Å². The Morgan fingerprint density at radius 2 is 2.28 bits per heavy atom. The molecule has 98 valence electrons. The van der Waals surface area contributed by atoms with E-state index in [1.165, 1.54) is 12.1 Å². The van der Waals surface area contributed by atoms with Crippen LogP contribution in [0.3, 0.4) is 0 Å². The number of nitrogens with zero attached hydrogens (tertiary/aromatic N) is 1. The van der Waals surface area contributed by atoms with Crippen molar-refractivity contribution in [2.75, 3.05) is 12.4 Å². The monoisotopic (exact) mass is 289 g/mol. The van der Waals surface area contributed by atoms with Gasteiger partial charge in [-0.25, -0.2) is 4.39 Å². The average molecular weight is 290 g/mol. The Balaban J connectivity index is 2.12. The first-order valence-corrected chi connectivity index (χ1v) is 6.83. The quantitative estimate of drug-likeness (QED) is 0.782. The Morgan fingerprint density at radius 1 is 1.50 bits per heavy atom. The molecule has 1 fully saturated rings. The van der Waals surface area contributed by atoms with E-state index < -0.39 is 5.82 Å². The number of benzene rings is 1. The van der Waals surface area contributed by atoms with Gasteiger partial charge in [0.25, 0.3) is 0 Å². The average Bonchev–Trinajstić information content (AvgIpc) is 2.82. The van der Waals surface area contributed by atoms with Gasteiger partial charge < -0.3 is 4.90 Å². The third-order valence-electron chi connectivity index (χ3n) is 3.27. The van der Waals surface area contributed by atoms with Crippen LogP contribution in [0.1, 0.15) is 18.4 Å². The van der Waals surface area contributed by atoms with E-state index in [4.69, 9.17) is 23.2 Å². The summed E-state index contributed by atoms with van der Waals surface area (Å²) >= 11 is 11.7. The molecule has 0 radical (unpaired) electrons. The molecule has 0 spiro atoms. The predicted molar refractivity (Wildman–Crippen MR) is 70.6 cm³/mol. The number of amides is 1. The van der Waals surface area contributed by atoms with Gasteiger partial charge in [0.2, 0.25) is 5.91 Å². The summed E-state index contributed by atoms with van der Waals surface area (Å²) in [6.45, 7) is 0.697. The molecule has 0 bridgehead atoms. The molecule has 1 amide bonds. The number of rotatable bonds is 3. The lowest BCUT2D eigenvalue weighted by Crippen LogP contribution is -2.37. The molecule has 0 saturated carbocycles. The first kappa shape index (κ1) is 13.6. The fourth-order valence-corrected chi connectivity index (χ4v) is 2.83. The van der Waals surface area contributed by atoms with Crippen LogP contribution in [0.25, 0.3) is 0 Å². The minimum atomic E-state index is -0.433. The Bertz CT molecular complexity index is 432. The maximum Gasteiger partial charge on any atom is 0.227 e. The number of alkyl halides is 1. The van der Waals surface area contributed by atoms with Crippen molar-refractivity contribution in [1.29, 1.82) is 0 Å². The van der Waals surface area contributed by atoms with Gasteiger partial charge in [-0.3, -0.25) is 4.79 Å². The molecule has 0 N–H and O–H groups in total. The molecule has 5 heteroatoms. The molecule has 1 aromatic carbocycles. The Hall–Kier alpha value is -0.800. The summed E-state index contributed by atoms with van der Waals surface area (Å²) in [5, 5.41) is 0.296. The zero-order valence-electron chi connectivity index (χ0n) is 9.83. The van der Waals surface area contributed by atoms with Crippen LogP contribution in [0.4, 0.5) is 4.39 Å². The number of carbonyl (C=O) groups excluding carboxylic acids is 1. The van der Waals surface area contributed by atoms with Crippen molar-refractivity contribution in [2.45, 2.75) is 25.3 Å². The highest BCUT2D eigenvalue weighted by Crippen LogP contribution is 2.23. The third kappa shape index (κ3) is 2.78. The second-order valence-electron chi connectivity index (χ2n) is 4.41. The zero-order valence-corrected chi connectivity index (χ0v) is 11.3. The summed E-state index contributed by atoms with van der Waals surface area (Å²) in [7, 11) is 0. The predicted octanol–water partition coefficient (Wildman–Crippen LogP) is 3.25. The molecule has 1 unspecified atom stereocenters. The lowest BCUT2D eigenvalue weighted by molar-refractivity contribution is -0.130. The van der Waals surface area contributed by atoms with Crippen molar-refractivity contribution in [2.24, 2.45) is 0 Å². The van der Waals surface area contributed by atoms with Crippen LogP contribution < -0.4 is 0 Å². The number of carbonyl (C=O) groups is 1. The summed E-state index contributed by atoms with van der Waals surface area (Å²) in [5.74, 6) is -0.112. The molecule has 0 aromatic heterocycles. The fourth-order valence-electron chi connectivity index (χ4n) is 2.28. The highest BCUT2D eigenvalue weighted by Gasteiger charge is 2.28.